The van der Waals surface area contributed by atoms with Crippen LogP contribution in [0.1, 0.15) is 16.1 Å². The Morgan fingerprint density at radius 2 is 2.31 bits per heavy atom. The lowest BCUT2D eigenvalue weighted by atomic mass is 10.2. The molecule has 0 aliphatic carbocycles. The maximum atomic E-state index is 11.7. The Bertz CT molecular complexity index is 513. The van der Waals surface area contributed by atoms with Crippen molar-refractivity contribution in [3.05, 3.63) is 40.7 Å². The van der Waals surface area contributed by atoms with Gasteiger partial charge in [0, 0.05) is 10.7 Å². The molecule has 1 heterocycles. The van der Waals surface area contributed by atoms with E-state index in [9.17, 15) is 4.79 Å². The quantitative estimate of drug-likeness (QED) is 0.895. The maximum Gasteiger partial charge on any atom is 0.277 e. The molecule has 16 heavy (non-hydrogen) atoms. The molecule has 0 fully saturated rings. The molecule has 4 nitrogen and oxygen atoms in total. The van der Waals surface area contributed by atoms with Gasteiger partial charge in [0.15, 0.2) is 5.69 Å². The van der Waals surface area contributed by atoms with Crippen LogP contribution in [-0.2, 0) is 0 Å². The van der Waals surface area contributed by atoms with Gasteiger partial charge in [0.25, 0.3) is 5.91 Å². The minimum Gasteiger partial charge on any atom is -0.320 e. The van der Waals surface area contributed by atoms with Gasteiger partial charge in [0.05, 0.1) is 17.9 Å². The molecule has 1 aromatic heterocycles. The maximum absolute atomic E-state index is 11.7. The molecule has 0 atom stereocenters. The van der Waals surface area contributed by atoms with Gasteiger partial charge >= 0.3 is 0 Å². The predicted octanol–water partition coefficient (Wildman–Crippen LogP) is 2.75. The van der Waals surface area contributed by atoms with Crippen LogP contribution in [0.2, 0.25) is 5.02 Å². The number of carbonyl (C=O) groups excluding carboxylic acids is 1. The van der Waals surface area contributed by atoms with Gasteiger partial charge in [-0.25, -0.2) is 0 Å². The summed E-state index contributed by atoms with van der Waals surface area (Å²) < 4.78 is 7.62. The Morgan fingerprint density at radius 1 is 1.50 bits per heavy atom. The minimum absolute atomic E-state index is 0.279. The lowest BCUT2D eigenvalue weighted by Crippen LogP contribution is -2.13. The summed E-state index contributed by atoms with van der Waals surface area (Å²) in [5.41, 5.74) is 1.83. The Morgan fingerprint density at radius 3 is 3.00 bits per heavy atom. The molecule has 0 bridgehead atoms. The molecule has 2 rings (SSSR count). The van der Waals surface area contributed by atoms with Crippen LogP contribution >= 0.6 is 23.3 Å². The summed E-state index contributed by atoms with van der Waals surface area (Å²) >= 11 is 6.94. The number of halogens is 1. The van der Waals surface area contributed by atoms with Crippen molar-refractivity contribution in [2.24, 2.45) is 0 Å². The van der Waals surface area contributed by atoms with E-state index in [4.69, 9.17) is 11.6 Å². The zero-order valence-corrected chi connectivity index (χ0v) is 9.97. The Hall–Kier alpha value is -1.46. The number of anilines is 1. The third kappa shape index (κ3) is 2.20. The van der Waals surface area contributed by atoms with Crippen LogP contribution in [0.4, 0.5) is 5.69 Å². The zero-order chi connectivity index (χ0) is 11.5. The molecule has 1 N–H and O–H groups in total. The molecule has 1 amide bonds. The standard InChI is InChI=1S/C10H8ClN3OS/c1-6-7(11)3-2-4-8(6)13-10(15)9-5-12-16-14-9/h2-5H,1H3,(H,13,15). The highest BCUT2D eigenvalue weighted by molar-refractivity contribution is 6.99. The molecule has 0 saturated carbocycles. The van der Waals surface area contributed by atoms with E-state index in [2.05, 4.69) is 14.1 Å². The van der Waals surface area contributed by atoms with Gasteiger partial charge in [0.1, 0.15) is 0 Å². The minimum atomic E-state index is -0.279. The highest BCUT2D eigenvalue weighted by Crippen LogP contribution is 2.23. The molecule has 0 aliphatic rings. The van der Waals surface area contributed by atoms with E-state index in [1.54, 1.807) is 18.2 Å². The Kier molecular flexibility index (Phi) is 3.17. The summed E-state index contributed by atoms with van der Waals surface area (Å²) in [5.74, 6) is -0.279. The summed E-state index contributed by atoms with van der Waals surface area (Å²) in [5, 5.41) is 3.35. The largest absolute Gasteiger partial charge is 0.320 e. The van der Waals surface area contributed by atoms with Gasteiger partial charge in [-0.1, -0.05) is 17.7 Å². The predicted molar refractivity (Wildman–Crippen MR) is 64.1 cm³/mol. The smallest absolute Gasteiger partial charge is 0.277 e. The number of hydrogen-bond acceptors (Lipinski definition) is 4. The average molecular weight is 254 g/mol. The van der Waals surface area contributed by atoms with Crippen molar-refractivity contribution in [2.75, 3.05) is 5.32 Å². The molecule has 0 spiro atoms. The first kappa shape index (κ1) is 11.0. The third-order valence-corrected chi connectivity index (χ3v) is 3.00. The number of amides is 1. The first-order valence-electron chi connectivity index (χ1n) is 4.52. The van der Waals surface area contributed by atoms with Crippen LogP contribution in [0.5, 0.6) is 0 Å². The third-order valence-electron chi connectivity index (χ3n) is 2.11. The van der Waals surface area contributed by atoms with E-state index in [-0.39, 0.29) is 5.91 Å². The summed E-state index contributed by atoms with van der Waals surface area (Å²) in [6.07, 6.45) is 1.43. The van der Waals surface area contributed by atoms with E-state index >= 15 is 0 Å². The van der Waals surface area contributed by atoms with Crippen molar-refractivity contribution >= 4 is 34.9 Å². The van der Waals surface area contributed by atoms with E-state index in [1.165, 1.54) is 6.20 Å². The van der Waals surface area contributed by atoms with Crippen LogP contribution in [-0.4, -0.2) is 14.7 Å². The van der Waals surface area contributed by atoms with E-state index in [1.807, 2.05) is 6.92 Å². The van der Waals surface area contributed by atoms with Crippen LogP contribution in [0, 0.1) is 6.92 Å². The second-order valence-electron chi connectivity index (χ2n) is 3.16. The molecule has 0 saturated heterocycles. The topological polar surface area (TPSA) is 54.9 Å². The number of carbonyl (C=O) groups is 1. The van der Waals surface area contributed by atoms with Gasteiger partial charge < -0.3 is 5.32 Å². The summed E-state index contributed by atoms with van der Waals surface area (Å²) in [4.78, 5) is 11.7. The summed E-state index contributed by atoms with van der Waals surface area (Å²) in [6, 6.07) is 5.35. The molecule has 0 unspecified atom stereocenters. The summed E-state index contributed by atoms with van der Waals surface area (Å²) in [7, 11) is 0. The van der Waals surface area contributed by atoms with Gasteiger partial charge in [-0.05, 0) is 24.6 Å². The first-order valence-corrected chi connectivity index (χ1v) is 5.63. The fraction of sp³-hybridized carbons (Fsp3) is 0.100. The van der Waals surface area contributed by atoms with Crippen molar-refractivity contribution in [1.29, 1.82) is 0 Å². The lowest BCUT2D eigenvalue weighted by molar-refractivity contribution is 0.102. The highest BCUT2D eigenvalue weighted by atomic mass is 35.5. The normalized spacial score (nSPS) is 10.1. The van der Waals surface area contributed by atoms with Crippen molar-refractivity contribution in [2.45, 2.75) is 6.92 Å². The summed E-state index contributed by atoms with van der Waals surface area (Å²) in [6.45, 7) is 1.84. The van der Waals surface area contributed by atoms with Crippen molar-refractivity contribution in [3.8, 4) is 0 Å². The number of nitrogens with one attached hydrogen (secondary N) is 1. The number of nitrogens with zero attached hydrogens (tertiary/aromatic N) is 2. The Balaban J connectivity index is 2.22. The van der Waals surface area contributed by atoms with Crippen molar-refractivity contribution in [3.63, 3.8) is 0 Å². The number of rotatable bonds is 2. The van der Waals surface area contributed by atoms with Crippen LogP contribution in [0.3, 0.4) is 0 Å². The SMILES string of the molecule is Cc1c(Cl)cccc1NC(=O)c1cnsn1. The number of benzene rings is 1. The van der Waals surface area contributed by atoms with Crippen LogP contribution < -0.4 is 5.32 Å². The van der Waals surface area contributed by atoms with Crippen molar-refractivity contribution < 1.29 is 4.79 Å². The fourth-order valence-electron chi connectivity index (χ4n) is 1.19. The molecule has 82 valence electrons. The molecular formula is C10H8ClN3OS. The number of aromatic nitrogens is 2. The zero-order valence-electron chi connectivity index (χ0n) is 8.40. The van der Waals surface area contributed by atoms with Gasteiger partial charge in [-0.2, -0.15) is 8.75 Å². The monoisotopic (exact) mass is 253 g/mol. The molecule has 0 radical (unpaired) electrons. The molecular weight excluding hydrogens is 246 g/mol. The highest BCUT2D eigenvalue weighted by Gasteiger charge is 2.10. The van der Waals surface area contributed by atoms with E-state index in [0.29, 0.717) is 16.4 Å². The van der Waals surface area contributed by atoms with E-state index < -0.39 is 0 Å². The van der Waals surface area contributed by atoms with Crippen LogP contribution in [0.15, 0.2) is 24.4 Å². The van der Waals surface area contributed by atoms with Crippen LogP contribution in [0.25, 0.3) is 0 Å². The fourth-order valence-corrected chi connectivity index (χ4v) is 1.78. The van der Waals surface area contributed by atoms with Gasteiger partial charge in [-0.15, -0.1) is 0 Å². The first-order chi connectivity index (χ1) is 7.68. The van der Waals surface area contributed by atoms with Gasteiger partial charge in [-0.3, -0.25) is 4.79 Å². The second kappa shape index (κ2) is 4.59. The van der Waals surface area contributed by atoms with Crippen molar-refractivity contribution in [1.82, 2.24) is 8.75 Å². The van der Waals surface area contributed by atoms with Gasteiger partial charge in [0.2, 0.25) is 0 Å². The molecule has 0 aliphatic heterocycles. The second-order valence-corrected chi connectivity index (χ2v) is 4.12. The molecule has 2 aromatic rings. The Labute approximate surface area is 102 Å². The number of hydrogen-bond donors (Lipinski definition) is 1. The van der Waals surface area contributed by atoms with E-state index in [0.717, 1.165) is 17.3 Å². The lowest BCUT2D eigenvalue weighted by Gasteiger charge is -2.07. The molecule has 1 aromatic carbocycles. The average Bonchev–Trinajstić information content (AvgIpc) is 2.78. The molecule has 6 heteroatoms.